The van der Waals surface area contributed by atoms with Gasteiger partial charge in [-0.15, -0.1) is 0 Å². The van der Waals surface area contributed by atoms with Crippen molar-refractivity contribution in [3.63, 3.8) is 0 Å². The van der Waals surface area contributed by atoms with Gasteiger partial charge in [-0.05, 0) is 24.3 Å². The second kappa shape index (κ2) is 9.67. The van der Waals surface area contributed by atoms with Crippen LogP contribution in [-0.4, -0.2) is 44.9 Å². The predicted molar refractivity (Wildman–Crippen MR) is 119 cm³/mol. The van der Waals surface area contributed by atoms with Crippen LogP contribution >= 0.6 is 58.0 Å². The molecule has 7 nitrogen and oxygen atoms in total. The molecule has 0 aromatic heterocycles. The summed E-state index contributed by atoms with van der Waals surface area (Å²) in [5.74, 6) is -0.725. The zero-order chi connectivity index (χ0) is 22.1. The van der Waals surface area contributed by atoms with E-state index in [0.29, 0.717) is 5.02 Å². The van der Waals surface area contributed by atoms with Crippen molar-refractivity contribution in [2.24, 2.45) is 0 Å². The highest BCUT2D eigenvalue weighted by Gasteiger charge is 2.30. The molecule has 13 heteroatoms. The Morgan fingerprint density at radius 2 is 1.50 bits per heavy atom. The Labute approximate surface area is 198 Å². The largest absolute Gasteiger partial charge is 0.379 e. The van der Waals surface area contributed by atoms with E-state index in [-0.39, 0.29) is 62.5 Å². The van der Waals surface area contributed by atoms with Gasteiger partial charge in [-0.1, -0.05) is 58.0 Å². The number of anilines is 1. The van der Waals surface area contributed by atoms with Crippen LogP contribution in [0.25, 0.3) is 0 Å². The van der Waals surface area contributed by atoms with Crippen LogP contribution < -0.4 is 10.9 Å². The summed E-state index contributed by atoms with van der Waals surface area (Å²) in [6.07, 6.45) is 0. The number of nitrogens with one attached hydrogen (secondary N) is 2. The van der Waals surface area contributed by atoms with Crippen LogP contribution in [0.1, 0.15) is 10.4 Å². The van der Waals surface area contributed by atoms with Gasteiger partial charge >= 0.3 is 0 Å². The third kappa shape index (κ3) is 5.08. The van der Waals surface area contributed by atoms with Crippen LogP contribution in [0.2, 0.25) is 25.1 Å². The quantitative estimate of drug-likeness (QED) is 0.543. The first kappa shape index (κ1) is 23.7. The average Bonchev–Trinajstić information content (AvgIpc) is 2.67. The smallest absolute Gasteiger partial charge is 0.271 e. The summed E-state index contributed by atoms with van der Waals surface area (Å²) in [6, 6.07) is 5.20. The molecule has 0 spiro atoms. The molecule has 0 bridgehead atoms. The van der Waals surface area contributed by atoms with Gasteiger partial charge in [0.25, 0.3) is 5.91 Å². The van der Waals surface area contributed by atoms with Crippen LogP contribution in [0.4, 0.5) is 5.69 Å². The molecule has 0 saturated carbocycles. The van der Waals surface area contributed by atoms with Crippen molar-refractivity contribution in [3.05, 3.63) is 54.9 Å². The summed E-state index contributed by atoms with van der Waals surface area (Å²) in [5.41, 5.74) is 5.06. The molecule has 2 aromatic carbocycles. The van der Waals surface area contributed by atoms with E-state index in [4.69, 9.17) is 62.7 Å². The molecule has 3 rings (SSSR count). The minimum absolute atomic E-state index is 0.0338. The number of hydrogen-bond donors (Lipinski definition) is 2. The molecule has 2 aromatic rings. The van der Waals surface area contributed by atoms with Gasteiger partial charge in [-0.2, -0.15) is 4.31 Å². The molecule has 1 aliphatic rings. The fraction of sp³-hybridized carbons (Fsp3) is 0.235. The summed E-state index contributed by atoms with van der Waals surface area (Å²) >= 11 is 30.2. The SMILES string of the molecule is O=C(NNc1c(Cl)cc(Cl)cc1Cl)c1cc(S(=O)(=O)N2CCOCC2)c(Cl)cc1Cl. The lowest BCUT2D eigenvalue weighted by Gasteiger charge is -2.26. The lowest BCUT2D eigenvalue weighted by atomic mass is 10.2. The van der Waals surface area contributed by atoms with E-state index >= 15 is 0 Å². The molecule has 1 amide bonds. The molecule has 1 aliphatic heterocycles. The van der Waals surface area contributed by atoms with Gasteiger partial charge in [-0.25, -0.2) is 8.42 Å². The second-order valence-corrected chi connectivity index (χ2v) is 10.1. The molecule has 2 N–H and O–H groups in total. The monoisotopic (exact) mass is 531 g/mol. The molecular formula is C17H14Cl5N3O4S. The minimum atomic E-state index is -3.95. The number of carbonyl (C=O) groups excluding carboxylic acids is 1. The molecule has 1 fully saturated rings. The first-order valence-corrected chi connectivity index (χ1v) is 11.7. The number of halogens is 5. The van der Waals surface area contributed by atoms with E-state index in [0.717, 1.165) is 6.07 Å². The number of hydrogen-bond acceptors (Lipinski definition) is 5. The van der Waals surface area contributed by atoms with Crippen molar-refractivity contribution in [3.8, 4) is 0 Å². The van der Waals surface area contributed by atoms with Crippen LogP contribution in [0, 0.1) is 0 Å². The van der Waals surface area contributed by atoms with E-state index < -0.39 is 15.9 Å². The Bertz CT molecular complexity index is 1070. The van der Waals surface area contributed by atoms with E-state index in [1.165, 1.54) is 22.5 Å². The molecule has 30 heavy (non-hydrogen) atoms. The summed E-state index contributed by atoms with van der Waals surface area (Å²) in [6.45, 7) is 0.893. The van der Waals surface area contributed by atoms with Crippen LogP contribution in [0.5, 0.6) is 0 Å². The van der Waals surface area contributed by atoms with Crippen molar-refractivity contribution in [2.45, 2.75) is 4.90 Å². The lowest BCUT2D eigenvalue weighted by Crippen LogP contribution is -2.40. The Morgan fingerprint density at radius 3 is 2.10 bits per heavy atom. The maximum Gasteiger partial charge on any atom is 0.271 e. The molecule has 162 valence electrons. The number of ether oxygens (including phenoxy) is 1. The summed E-state index contributed by atoms with van der Waals surface area (Å²) in [4.78, 5) is 12.4. The van der Waals surface area contributed by atoms with Gasteiger partial charge in [0.15, 0.2) is 0 Å². The molecule has 0 unspecified atom stereocenters. The minimum Gasteiger partial charge on any atom is -0.379 e. The maximum atomic E-state index is 12.9. The van der Waals surface area contributed by atoms with Gasteiger partial charge in [0.05, 0.1) is 44.6 Å². The van der Waals surface area contributed by atoms with Gasteiger partial charge in [0, 0.05) is 18.1 Å². The fourth-order valence-electron chi connectivity index (χ4n) is 2.68. The zero-order valence-electron chi connectivity index (χ0n) is 15.0. The van der Waals surface area contributed by atoms with Gasteiger partial charge in [0.2, 0.25) is 10.0 Å². The van der Waals surface area contributed by atoms with Crippen LogP contribution in [-0.2, 0) is 14.8 Å². The third-order valence-electron chi connectivity index (χ3n) is 4.16. The Morgan fingerprint density at radius 1 is 0.900 bits per heavy atom. The Kier molecular flexibility index (Phi) is 7.63. The summed E-state index contributed by atoms with van der Waals surface area (Å²) in [7, 11) is -3.95. The average molecular weight is 534 g/mol. The topological polar surface area (TPSA) is 87.7 Å². The fourth-order valence-corrected chi connectivity index (χ4v) is 5.83. The van der Waals surface area contributed by atoms with Crippen molar-refractivity contribution >= 4 is 79.6 Å². The third-order valence-corrected chi connectivity index (χ3v) is 7.65. The molecule has 0 aliphatic carbocycles. The van der Waals surface area contributed by atoms with Crippen molar-refractivity contribution in [1.82, 2.24) is 9.73 Å². The Hall–Kier alpha value is -0.970. The highest BCUT2D eigenvalue weighted by atomic mass is 35.5. The van der Waals surface area contributed by atoms with Crippen LogP contribution in [0.15, 0.2) is 29.2 Å². The van der Waals surface area contributed by atoms with E-state index in [1.807, 2.05) is 0 Å². The van der Waals surface area contributed by atoms with Crippen LogP contribution in [0.3, 0.4) is 0 Å². The molecule has 0 radical (unpaired) electrons. The van der Waals surface area contributed by atoms with E-state index in [9.17, 15) is 13.2 Å². The number of carbonyl (C=O) groups is 1. The molecular weight excluding hydrogens is 520 g/mol. The first-order chi connectivity index (χ1) is 14.1. The highest BCUT2D eigenvalue weighted by Crippen LogP contribution is 2.34. The van der Waals surface area contributed by atoms with Gasteiger partial charge in [-0.3, -0.25) is 15.6 Å². The standard InChI is InChI=1S/C17H14Cl5N3O4S/c18-9-5-13(21)16(14(22)6-9)23-24-17(26)10-7-15(12(20)8-11(10)19)30(27,28)25-1-3-29-4-2-25/h5-8,23H,1-4H2,(H,24,26). The first-order valence-electron chi connectivity index (χ1n) is 8.39. The number of benzene rings is 2. The second-order valence-electron chi connectivity index (χ2n) is 6.10. The van der Waals surface area contributed by atoms with E-state index in [2.05, 4.69) is 10.9 Å². The number of amides is 1. The van der Waals surface area contributed by atoms with Gasteiger partial charge in [0.1, 0.15) is 4.90 Å². The lowest BCUT2D eigenvalue weighted by molar-refractivity contribution is 0.0730. The number of rotatable bonds is 5. The zero-order valence-corrected chi connectivity index (χ0v) is 19.6. The van der Waals surface area contributed by atoms with Crippen molar-refractivity contribution in [2.75, 3.05) is 31.7 Å². The highest BCUT2D eigenvalue weighted by molar-refractivity contribution is 7.89. The molecule has 1 heterocycles. The molecule has 0 atom stereocenters. The summed E-state index contributed by atoms with van der Waals surface area (Å²) < 4.78 is 32.3. The normalized spacial score (nSPS) is 15.1. The number of sulfonamides is 1. The Balaban J connectivity index is 1.87. The van der Waals surface area contributed by atoms with E-state index in [1.54, 1.807) is 0 Å². The van der Waals surface area contributed by atoms with Crippen molar-refractivity contribution < 1.29 is 17.9 Å². The van der Waals surface area contributed by atoms with Crippen molar-refractivity contribution in [1.29, 1.82) is 0 Å². The number of nitrogens with zero attached hydrogens (tertiary/aromatic N) is 1. The number of morpholine rings is 1. The summed E-state index contributed by atoms with van der Waals surface area (Å²) in [5, 5.41) is 0.532. The van der Waals surface area contributed by atoms with Gasteiger partial charge < -0.3 is 4.74 Å². The predicted octanol–water partition coefficient (Wildman–Crippen LogP) is 4.73. The molecule has 1 saturated heterocycles. The maximum absolute atomic E-state index is 12.9. The number of hydrazine groups is 1.